The molecule has 7 heteroatoms. The fourth-order valence-electron chi connectivity index (χ4n) is 1.35. The van der Waals surface area contributed by atoms with Crippen LogP contribution >= 0.6 is 11.6 Å². The SMILES string of the molecule is O=C(NCc1ccccc1Cl)C(=O)Nc1ccon1. The summed E-state index contributed by atoms with van der Waals surface area (Å²) in [5.74, 6) is -1.42. The van der Waals surface area contributed by atoms with Gasteiger partial charge in [-0.05, 0) is 11.6 Å². The summed E-state index contributed by atoms with van der Waals surface area (Å²) in [6.45, 7) is 0.171. The highest BCUT2D eigenvalue weighted by atomic mass is 35.5. The Morgan fingerprint density at radius 3 is 2.68 bits per heavy atom. The van der Waals surface area contributed by atoms with Crippen LogP contribution in [0.3, 0.4) is 0 Å². The predicted octanol–water partition coefficient (Wildman–Crippen LogP) is 1.58. The smallest absolute Gasteiger partial charge is 0.314 e. The van der Waals surface area contributed by atoms with E-state index in [1.807, 2.05) is 0 Å². The van der Waals surface area contributed by atoms with Gasteiger partial charge in [-0.25, -0.2) is 0 Å². The molecule has 0 fully saturated rings. The molecule has 6 nitrogen and oxygen atoms in total. The first-order valence-electron chi connectivity index (χ1n) is 5.40. The van der Waals surface area contributed by atoms with Gasteiger partial charge < -0.3 is 9.84 Å². The summed E-state index contributed by atoms with van der Waals surface area (Å²) in [6.07, 6.45) is 1.29. The molecule has 1 aromatic carbocycles. The molecular formula is C12H10ClN3O3. The van der Waals surface area contributed by atoms with Gasteiger partial charge in [0.2, 0.25) is 0 Å². The lowest BCUT2D eigenvalue weighted by Gasteiger charge is -2.06. The Balaban J connectivity index is 1.88. The van der Waals surface area contributed by atoms with Crippen molar-refractivity contribution in [1.82, 2.24) is 10.5 Å². The highest BCUT2D eigenvalue weighted by Gasteiger charge is 2.14. The van der Waals surface area contributed by atoms with Crippen LogP contribution in [0.4, 0.5) is 5.82 Å². The maximum absolute atomic E-state index is 11.5. The number of amides is 2. The molecule has 0 radical (unpaired) electrons. The van der Waals surface area contributed by atoms with Gasteiger partial charge in [-0.15, -0.1) is 0 Å². The summed E-state index contributed by atoms with van der Waals surface area (Å²) in [6, 6.07) is 8.48. The third-order valence-electron chi connectivity index (χ3n) is 2.28. The van der Waals surface area contributed by atoms with E-state index in [1.165, 1.54) is 12.3 Å². The quantitative estimate of drug-likeness (QED) is 0.836. The summed E-state index contributed by atoms with van der Waals surface area (Å²) in [7, 11) is 0. The van der Waals surface area contributed by atoms with Gasteiger partial charge in [0, 0.05) is 17.6 Å². The summed E-state index contributed by atoms with van der Waals surface area (Å²) >= 11 is 5.93. The van der Waals surface area contributed by atoms with E-state index in [-0.39, 0.29) is 12.4 Å². The standard InChI is InChI=1S/C12H10ClN3O3/c13-9-4-2-1-3-8(9)7-14-11(17)12(18)15-10-5-6-19-16-10/h1-6H,7H2,(H,14,17)(H,15,16,18). The maximum Gasteiger partial charge on any atom is 0.314 e. The molecule has 1 heterocycles. The first kappa shape index (κ1) is 13.1. The molecule has 0 aliphatic rings. The van der Waals surface area contributed by atoms with Crippen LogP contribution in [0.5, 0.6) is 0 Å². The highest BCUT2D eigenvalue weighted by Crippen LogP contribution is 2.14. The highest BCUT2D eigenvalue weighted by molar-refractivity contribution is 6.39. The molecule has 2 amide bonds. The van der Waals surface area contributed by atoms with Crippen molar-refractivity contribution in [2.24, 2.45) is 0 Å². The Morgan fingerprint density at radius 2 is 2.00 bits per heavy atom. The van der Waals surface area contributed by atoms with Crippen molar-refractivity contribution in [2.75, 3.05) is 5.32 Å². The van der Waals surface area contributed by atoms with Crippen molar-refractivity contribution in [2.45, 2.75) is 6.54 Å². The number of anilines is 1. The van der Waals surface area contributed by atoms with Crippen LogP contribution in [0.25, 0.3) is 0 Å². The number of hydrogen-bond donors (Lipinski definition) is 2. The van der Waals surface area contributed by atoms with Gasteiger partial charge in [0.05, 0.1) is 0 Å². The van der Waals surface area contributed by atoms with Crippen molar-refractivity contribution < 1.29 is 14.1 Å². The van der Waals surface area contributed by atoms with Crippen LogP contribution in [-0.2, 0) is 16.1 Å². The maximum atomic E-state index is 11.5. The molecule has 0 saturated carbocycles. The lowest BCUT2D eigenvalue weighted by molar-refractivity contribution is -0.136. The molecule has 2 rings (SSSR count). The van der Waals surface area contributed by atoms with Crippen molar-refractivity contribution in [3.8, 4) is 0 Å². The van der Waals surface area contributed by atoms with E-state index in [2.05, 4.69) is 20.3 Å². The van der Waals surface area contributed by atoms with E-state index in [0.29, 0.717) is 5.02 Å². The second-order valence-electron chi connectivity index (χ2n) is 3.61. The average molecular weight is 280 g/mol. The number of nitrogens with zero attached hydrogens (tertiary/aromatic N) is 1. The van der Waals surface area contributed by atoms with Gasteiger partial charge in [-0.2, -0.15) is 0 Å². The van der Waals surface area contributed by atoms with Gasteiger partial charge in [0.15, 0.2) is 5.82 Å². The number of halogens is 1. The molecule has 0 bridgehead atoms. The fourth-order valence-corrected chi connectivity index (χ4v) is 1.55. The van der Waals surface area contributed by atoms with Gasteiger partial charge in [-0.1, -0.05) is 35.0 Å². The first-order chi connectivity index (χ1) is 9.16. The lowest BCUT2D eigenvalue weighted by atomic mass is 10.2. The van der Waals surface area contributed by atoms with E-state index in [4.69, 9.17) is 11.6 Å². The molecule has 0 saturated heterocycles. The third-order valence-corrected chi connectivity index (χ3v) is 2.65. The normalized spacial score (nSPS) is 9.95. The van der Waals surface area contributed by atoms with Crippen molar-refractivity contribution in [1.29, 1.82) is 0 Å². The van der Waals surface area contributed by atoms with E-state index < -0.39 is 11.8 Å². The summed E-state index contributed by atoms with van der Waals surface area (Å²) in [5.41, 5.74) is 0.728. The minimum absolute atomic E-state index is 0.171. The summed E-state index contributed by atoms with van der Waals surface area (Å²) in [4.78, 5) is 23.0. The van der Waals surface area contributed by atoms with Crippen molar-refractivity contribution >= 4 is 29.2 Å². The van der Waals surface area contributed by atoms with Crippen LogP contribution in [-0.4, -0.2) is 17.0 Å². The predicted molar refractivity (Wildman–Crippen MR) is 68.4 cm³/mol. The second-order valence-corrected chi connectivity index (χ2v) is 4.02. The minimum Gasteiger partial charge on any atom is -0.363 e. The number of benzene rings is 1. The number of carbonyl (C=O) groups excluding carboxylic acids is 2. The van der Waals surface area contributed by atoms with E-state index in [1.54, 1.807) is 24.3 Å². The Hall–Kier alpha value is -2.34. The Bertz CT molecular complexity index is 584. The lowest BCUT2D eigenvalue weighted by Crippen LogP contribution is -2.35. The Labute approximate surface area is 113 Å². The van der Waals surface area contributed by atoms with Gasteiger partial charge in [0.1, 0.15) is 6.26 Å². The van der Waals surface area contributed by atoms with Crippen LogP contribution in [0, 0.1) is 0 Å². The minimum atomic E-state index is -0.819. The van der Waals surface area contributed by atoms with Gasteiger partial charge >= 0.3 is 11.8 Å². The molecule has 0 aliphatic carbocycles. The monoisotopic (exact) mass is 279 g/mol. The molecule has 0 unspecified atom stereocenters. The zero-order valence-corrected chi connectivity index (χ0v) is 10.5. The van der Waals surface area contributed by atoms with Crippen LogP contribution < -0.4 is 10.6 Å². The van der Waals surface area contributed by atoms with Crippen LogP contribution in [0.2, 0.25) is 5.02 Å². The molecule has 2 N–H and O–H groups in total. The topological polar surface area (TPSA) is 84.2 Å². The molecule has 2 aromatic rings. The molecule has 19 heavy (non-hydrogen) atoms. The fraction of sp³-hybridized carbons (Fsp3) is 0.0833. The third kappa shape index (κ3) is 3.56. The molecule has 1 aromatic heterocycles. The molecule has 0 aliphatic heterocycles. The van der Waals surface area contributed by atoms with Crippen LogP contribution in [0.1, 0.15) is 5.56 Å². The number of hydrogen-bond acceptors (Lipinski definition) is 4. The zero-order valence-electron chi connectivity index (χ0n) is 9.72. The molecule has 0 spiro atoms. The molecule has 98 valence electrons. The van der Waals surface area contributed by atoms with E-state index in [9.17, 15) is 9.59 Å². The summed E-state index contributed by atoms with van der Waals surface area (Å²) < 4.78 is 4.53. The van der Waals surface area contributed by atoms with Crippen molar-refractivity contribution in [3.05, 3.63) is 47.2 Å². The van der Waals surface area contributed by atoms with Crippen LogP contribution in [0.15, 0.2) is 41.1 Å². The summed E-state index contributed by atoms with van der Waals surface area (Å²) in [5, 5.41) is 8.73. The Kier molecular flexibility index (Phi) is 4.15. The second kappa shape index (κ2) is 6.01. The van der Waals surface area contributed by atoms with Gasteiger partial charge in [0.25, 0.3) is 0 Å². The number of nitrogens with one attached hydrogen (secondary N) is 2. The molecular weight excluding hydrogens is 270 g/mol. The largest absolute Gasteiger partial charge is 0.363 e. The van der Waals surface area contributed by atoms with Crippen molar-refractivity contribution in [3.63, 3.8) is 0 Å². The average Bonchev–Trinajstić information content (AvgIpc) is 2.90. The Morgan fingerprint density at radius 1 is 1.21 bits per heavy atom. The van der Waals surface area contributed by atoms with Gasteiger partial charge in [-0.3, -0.25) is 14.9 Å². The number of carbonyl (C=O) groups is 2. The zero-order chi connectivity index (χ0) is 13.7. The number of aromatic nitrogens is 1. The number of rotatable bonds is 3. The molecule has 0 atom stereocenters. The van der Waals surface area contributed by atoms with E-state index in [0.717, 1.165) is 5.56 Å². The van der Waals surface area contributed by atoms with E-state index >= 15 is 0 Å². The first-order valence-corrected chi connectivity index (χ1v) is 5.77.